The fourth-order valence-corrected chi connectivity index (χ4v) is 2.42. The average Bonchev–Trinajstić information content (AvgIpc) is 2.43. The van der Waals surface area contributed by atoms with E-state index in [1.54, 1.807) is 12.1 Å². The molecular formula is C16H12Cl2O4. The summed E-state index contributed by atoms with van der Waals surface area (Å²) in [5.74, 6) is -2.47. The molecule has 4 nitrogen and oxygen atoms in total. The van der Waals surface area contributed by atoms with Crippen molar-refractivity contribution >= 4 is 58.3 Å². The monoisotopic (exact) mass is 338 g/mol. The molecule has 0 unspecified atom stereocenters. The number of carboxylic acids is 2. The van der Waals surface area contributed by atoms with Crippen LogP contribution in [0.1, 0.15) is 20.7 Å². The minimum atomic E-state index is -1.24. The average molecular weight is 339 g/mol. The zero-order chi connectivity index (χ0) is 14.3. The van der Waals surface area contributed by atoms with Crippen LogP contribution in [-0.2, 0) is 0 Å². The lowest BCUT2D eigenvalue weighted by Gasteiger charge is -2.08. The summed E-state index contributed by atoms with van der Waals surface area (Å²) in [6, 6.07) is 14.1. The quantitative estimate of drug-likeness (QED) is 0.685. The van der Waals surface area contributed by atoms with Crippen molar-refractivity contribution < 1.29 is 19.8 Å². The Morgan fingerprint density at radius 2 is 1.32 bits per heavy atom. The lowest BCUT2D eigenvalue weighted by atomic mass is 9.96. The Morgan fingerprint density at radius 1 is 0.727 bits per heavy atom. The molecular weight excluding hydrogens is 327 g/mol. The second-order valence-electron chi connectivity index (χ2n) is 4.52. The van der Waals surface area contributed by atoms with Gasteiger partial charge in [0.05, 0.1) is 11.1 Å². The summed E-state index contributed by atoms with van der Waals surface area (Å²) in [5, 5.41) is 21.5. The molecule has 0 heterocycles. The lowest BCUT2D eigenvalue weighted by molar-refractivity contribution is 0.0653. The molecule has 0 amide bonds. The van der Waals surface area contributed by atoms with Crippen LogP contribution in [0.4, 0.5) is 0 Å². The maximum absolute atomic E-state index is 11.4. The second kappa shape index (κ2) is 6.64. The predicted molar refractivity (Wildman–Crippen MR) is 89.9 cm³/mol. The van der Waals surface area contributed by atoms with Crippen LogP contribution in [0.2, 0.25) is 0 Å². The number of hydrogen-bond acceptors (Lipinski definition) is 2. The topological polar surface area (TPSA) is 74.6 Å². The number of carbonyl (C=O) groups is 2. The van der Waals surface area contributed by atoms with E-state index in [9.17, 15) is 14.7 Å². The van der Waals surface area contributed by atoms with E-state index in [1.807, 2.05) is 30.3 Å². The molecule has 114 valence electrons. The van der Waals surface area contributed by atoms with Gasteiger partial charge in [-0.05, 0) is 39.7 Å². The molecule has 22 heavy (non-hydrogen) atoms. The molecule has 0 aromatic heterocycles. The van der Waals surface area contributed by atoms with E-state index in [2.05, 4.69) is 0 Å². The molecule has 0 atom stereocenters. The Bertz CT molecular complexity index is 875. The van der Waals surface area contributed by atoms with Gasteiger partial charge in [-0.2, -0.15) is 0 Å². The van der Waals surface area contributed by atoms with Gasteiger partial charge in [-0.1, -0.05) is 30.3 Å². The Morgan fingerprint density at radius 3 is 1.86 bits per heavy atom. The van der Waals surface area contributed by atoms with Crippen molar-refractivity contribution in [1.82, 2.24) is 0 Å². The van der Waals surface area contributed by atoms with Gasteiger partial charge in [-0.3, -0.25) is 0 Å². The zero-order valence-corrected chi connectivity index (χ0v) is 12.8. The van der Waals surface area contributed by atoms with Crippen molar-refractivity contribution in [2.24, 2.45) is 0 Å². The van der Waals surface area contributed by atoms with Gasteiger partial charge >= 0.3 is 11.9 Å². The van der Waals surface area contributed by atoms with Gasteiger partial charge in [0.15, 0.2) is 0 Å². The summed E-state index contributed by atoms with van der Waals surface area (Å²) < 4.78 is 0. The van der Waals surface area contributed by atoms with Crippen molar-refractivity contribution in [2.75, 3.05) is 0 Å². The number of hydrogen-bond donors (Lipinski definition) is 2. The van der Waals surface area contributed by atoms with Crippen LogP contribution in [0.15, 0.2) is 48.5 Å². The van der Waals surface area contributed by atoms with Crippen molar-refractivity contribution in [3.05, 3.63) is 59.7 Å². The minimum absolute atomic E-state index is 0. The number of rotatable bonds is 2. The Hall–Kier alpha value is -2.30. The highest BCUT2D eigenvalue weighted by atomic mass is 35.5. The Balaban J connectivity index is 0.00000121. The third-order valence-corrected chi connectivity index (χ3v) is 3.33. The maximum atomic E-state index is 11.4. The summed E-state index contributed by atoms with van der Waals surface area (Å²) in [4.78, 5) is 22.6. The fraction of sp³-hybridized carbons (Fsp3) is 0. The Kier molecular flexibility index (Phi) is 5.36. The van der Waals surface area contributed by atoms with Crippen molar-refractivity contribution in [2.45, 2.75) is 0 Å². The van der Waals surface area contributed by atoms with Crippen LogP contribution >= 0.6 is 24.8 Å². The Labute approximate surface area is 138 Å². The van der Waals surface area contributed by atoms with Gasteiger partial charge in [0.1, 0.15) is 0 Å². The summed E-state index contributed by atoms with van der Waals surface area (Å²) in [5.41, 5.74) is -0.360. The second-order valence-corrected chi connectivity index (χ2v) is 4.52. The molecule has 3 aromatic rings. The van der Waals surface area contributed by atoms with E-state index >= 15 is 0 Å². The van der Waals surface area contributed by atoms with E-state index in [0.717, 1.165) is 10.8 Å². The predicted octanol–water partition coefficient (Wildman–Crippen LogP) is 4.23. The minimum Gasteiger partial charge on any atom is -0.478 e. The summed E-state index contributed by atoms with van der Waals surface area (Å²) in [6.07, 6.45) is 0. The number of carboxylic acid groups (broad SMARTS) is 2. The molecule has 0 saturated heterocycles. The molecule has 6 heteroatoms. The van der Waals surface area contributed by atoms with Crippen molar-refractivity contribution in [3.8, 4) is 0 Å². The molecule has 0 aliphatic heterocycles. The van der Waals surface area contributed by atoms with E-state index in [1.165, 1.54) is 6.07 Å². The SMILES string of the molecule is Cl.Cl.O=C(O)c1ccc2cc3ccccc3cc2c1C(=O)O. The highest BCUT2D eigenvalue weighted by Crippen LogP contribution is 2.28. The molecule has 3 aromatic carbocycles. The molecule has 0 fully saturated rings. The first-order valence-electron chi connectivity index (χ1n) is 6.00. The van der Waals surface area contributed by atoms with Crippen molar-refractivity contribution in [1.29, 1.82) is 0 Å². The normalized spacial score (nSPS) is 9.82. The number of fused-ring (bicyclic) bond motifs is 2. The number of benzene rings is 3. The van der Waals surface area contributed by atoms with Crippen molar-refractivity contribution in [3.63, 3.8) is 0 Å². The molecule has 0 bridgehead atoms. The van der Waals surface area contributed by atoms with Crippen LogP contribution in [0.3, 0.4) is 0 Å². The molecule has 0 saturated carbocycles. The summed E-state index contributed by atoms with van der Waals surface area (Å²) in [7, 11) is 0. The first-order chi connectivity index (χ1) is 9.58. The highest BCUT2D eigenvalue weighted by Gasteiger charge is 2.19. The fourth-order valence-electron chi connectivity index (χ4n) is 2.42. The summed E-state index contributed by atoms with van der Waals surface area (Å²) >= 11 is 0. The van der Waals surface area contributed by atoms with Crippen LogP contribution in [0, 0.1) is 0 Å². The van der Waals surface area contributed by atoms with Crippen LogP contribution in [0.5, 0.6) is 0 Å². The third kappa shape index (κ3) is 2.84. The zero-order valence-electron chi connectivity index (χ0n) is 11.1. The number of halogens is 2. The van der Waals surface area contributed by atoms with Crippen LogP contribution < -0.4 is 0 Å². The van der Waals surface area contributed by atoms with Gasteiger partial charge in [0.2, 0.25) is 0 Å². The molecule has 0 aliphatic carbocycles. The lowest BCUT2D eigenvalue weighted by Crippen LogP contribution is -2.08. The summed E-state index contributed by atoms with van der Waals surface area (Å²) in [6.45, 7) is 0. The third-order valence-electron chi connectivity index (χ3n) is 3.33. The molecule has 0 aliphatic rings. The standard InChI is InChI=1S/C16H10O4.2ClH/c17-15(18)12-6-5-11-7-9-3-1-2-4-10(9)8-13(11)14(12)16(19)20;;/h1-8H,(H,17,18)(H,19,20);2*1H. The van der Waals surface area contributed by atoms with Gasteiger partial charge in [0, 0.05) is 0 Å². The van der Waals surface area contributed by atoms with Crippen LogP contribution in [-0.4, -0.2) is 22.2 Å². The van der Waals surface area contributed by atoms with Gasteiger partial charge in [0.25, 0.3) is 0 Å². The van der Waals surface area contributed by atoms with Gasteiger partial charge in [-0.15, -0.1) is 24.8 Å². The molecule has 3 rings (SSSR count). The first-order valence-corrected chi connectivity index (χ1v) is 6.00. The van der Waals surface area contributed by atoms with E-state index < -0.39 is 11.9 Å². The smallest absolute Gasteiger partial charge is 0.337 e. The molecule has 0 spiro atoms. The highest BCUT2D eigenvalue weighted by molar-refractivity contribution is 6.14. The molecule has 2 N–H and O–H groups in total. The first kappa shape index (κ1) is 17.8. The van der Waals surface area contributed by atoms with E-state index in [0.29, 0.717) is 10.8 Å². The molecule has 0 radical (unpaired) electrons. The van der Waals surface area contributed by atoms with E-state index in [4.69, 9.17) is 5.11 Å². The van der Waals surface area contributed by atoms with Crippen LogP contribution in [0.25, 0.3) is 21.5 Å². The van der Waals surface area contributed by atoms with Gasteiger partial charge < -0.3 is 10.2 Å². The largest absolute Gasteiger partial charge is 0.478 e. The maximum Gasteiger partial charge on any atom is 0.337 e. The van der Waals surface area contributed by atoms with E-state index in [-0.39, 0.29) is 35.9 Å². The van der Waals surface area contributed by atoms with Gasteiger partial charge in [-0.25, -0.2) is 9.59 Å². The number of aromatic carboxylic acids is 2.